The molecule has 0 radical (unpaired) electrons. The minimum absolute atomic E-state index is 0. The largest absolute Gasteiger partial charge is 0.355 e. The van der Waals surface area contributed by atoms with Crippen molar-refractivity contribution in [2.45, 2.75) is 60.3 Å². The first kappa shape index (κ1) is 18.9. The standard InChI is InChI=1S/C19H34N2O.H2/c1-6-8-16(20-7-2)11-12-21-19(22)18-13-15(5)9-10-17(18)14(3)4;/h6,8,14-15,17-18H,7,9-13H2,1-5H3,(H,21,22);1H/b8-6-,20-16?;/t15-,17+,18-;/m1./s1. The average Bonchev–Trinajstić information content (AvgIpc) is 2.47. The van der Waals surface area contributed by atoms with Gasteiger partial charge in [-0.05, 0) is 50.5 Å². The third-order valence-electron chi connectivity index (χ3n) is 4.76. The van der Waals surface area contributed by atoms with E-state index in [4.69, 9.17) is 0 Å². The first-order valence-corrected chi connectivity index (χ1v) is 8.93. The minimum atomic E-state index is 0. The van der Waals surface area contributed by atoms with Crippen LogP contribution in [0.1, 0.15) is 61.7 Å². The molecule has 0 aromatic heterocycles. The van der Waals surface area contributed by atoms with Crippen molar-refractivity contribution in [2.24, 2.45) is 28.7 Å². The van der Waals surface area contributed by atoms with Gasteiger partial charge < -0.3 is 5.32 Å². The second-order valence-corrected chi connectivity index (χ2v) is 6.94. The number of rotatable bonds is 7. The van der Waals surface area contributed by atoms with Crippen LogP contribution >= 0.6 is 0 Å². The second kappa shape index (κ2) is 9.81. The summed E-state index contributed by atoms with van der Waals surface area (Å²) in [5.74, 6) is 2.24. The predicted molar refractivity (Wildman–Crippen MR) is 97.4 cm³/mol. The molecule has 3 heteroatoms. The van der Waals surface area contributed by atoms with Gasteiger partial charge in [0.15, 0.2) is 0 Å². The number of nitrogens with one attached hydrogen (secondary N) is 1. The predicted octanol–water partition coefficient (Wildman–Crippen LogP) is 4.48. The fraction of sp³-hybridized carbons (Fsp3) is 0.789. The molecule has 128 valence electrons. The average molecular weight is 309 g/mol. The molecule has 3 atom stereocenters. The van der Waals surface area contributed by atoms with Crippen LogP contribution in [0.25, 0.3) is 0 Å². The molecule has 0 spiro atoms. The maximum atomic E-state index is 12.6. The molecular weight excluding hydrogens is 272 g/mol. The Bertz CT molecular complexity index is 404. The summed E-state index contributed by atoms with van der Waals surface area (Å²) >= 11 is 0. The maximum Gasteiger partial charge on any atom is 0.223 e. The summed E-state index contributed by atoms with van der Waals surface area (Å²) in [4.78, 5) is 17.0. The molecule has 1 aliphatic rings. The van der Waals surface area contributed by atoms with Gasteiger partial charge in [-0.1, -0.05) is 33.3 Å². The Hall–Kier alpha value is -1.12. The molecule has 0 saturated heterocycles. The monoisotopic (exact) mass is 308 g/mol. The van der Waals surface area contributed by atoms with Gasteiger partial charge in [-0.25, -0.2) is 0 Å². The van der Waals surface area contributed by atoms with Crippen molar-refractivity contribution in [3.8, 4) is 0 Å². The molecule has 0 unspecified atom stereocenters. The van der Waals surface area contributed by atoms with E-state index in [1.807, 2.05) is 26.0 Å². The molecule has 0 aromatic rings. The Morgan fingerprint density at radius 2 is 2.14 bits per heavy atom. The molecule has 0 aromatic carbocycles. The number of hydrogen-bond acceptors (Lipinski definition) is 2. The highest BCUT2D eigenvalue weighted by molar-refractivity contribution is 5.95. The molecule has 0 aliphatic heterocycles. The SMILES string of the molecule is C/C=C\C(CCNC(=O)[C@@H]1C[C@H](C)CC[C@H]1C(C)C)=NCC.[HH]. The van der Waals surface area contributed by atoms with Crippen LogP contribution in [0, 0.1) is 23.7 Å². The lowest BCUT2D eigenvalue weighted by molar-refractivity contribution is -0.129. The van der Waals surface area contributed by atoms with Crippen molar-refractivity contribution in [3.05, 3.63) is 12.2 Å². The van der Waals surface area contributed by atoms with Crippen LogP contribution in [0.3, 0.4) is 0 Å². The molecule has 22 heavy (non-hydrogen) atoms. The highest BCUT2D eigenvalue weighted by atomic mass is 16.1. The first-order valence-electron chi connectivity index (χ1n) is 8.93. The Kier molecular flexibility index (Phi) is 8.44. The molecule has 1 aliphatic carbocycles. The molecule has 0 heterocycles. The van der Waals surface area contributed by atoms with Gasteiger partial charge in [-0.2, -0.15) is 0 Å². The number of allylic oxidation sites excluding steroid dienone is 2. The summed E-state index contributed by atoms with van der Waals surface area (Å²) in [6.07, 6.45) is 8.36. The minimum Gasteiger partial charge on any atom is -0.355 e. The van der Waals surface area contributed by atoms with E-state index < -0.39 is 0 Å². The molecule has 1 rings (SSSR count). The number of carbonyl (C=O) groups excluding carboxylic acids is 1. The van der Waals surface area contributed by atoms with Gasteiger partial charge >= 0.3 is 0 Å². The molecule has 1 saturated carbocycles. The first-order chi connectivity index (χ1) is 10.5. The zero-order valence-electron chi connectivity index (χ0n) is 15.1. The van der Waals surface area contributed by atoms with Crippen LogP contribution in [0.15, 0.2) is 17.1 Å². The Balaban J connectivity index is 0.00000484. The van der Waals surface area contributed by atoms with E-state index in [2.05, 4.69) is 31.1 Å². The van der Waals surface area contributed by atoms with E-state index in [1.54, 1.807) is 0 Å². The van der Waals surface area contributed by atoms with Crippen molar-refractivity contribution in [1.82, 2.24) is 5.32 Å². The van der Waals surface area contributed by atoms with E-state index in [1.165, 1.54) is 12.8 Å². The molecule has 1 amide bonds. The van der Waals surface area contributed by atoms with Crippen molar-refractivity contribution in [2.75, 3.05) is 13.1 Å². The summed E-state index contributed by atoms with van der Waals surface area (Å²) in [6.45, 7) is 12.3. The molecule has 1 fully saturated rings. The Morgan fingerprint density at radius 1 is 1.41 bits per heavy atom. The second-order valence-electron chi connectivity index (χ2n) is 6.94. The van der Waals surface area contributed by atoms with Gasteiger partial charge in [-0.15, -0.1) is 0 Å². The fourth-order valence-corrected chi connectivity index (χ4v) is 3.56. The Morgan fingerprint density at radius 3 is 2.73 bits per heavy atom. The van der Waals surface area contributed by atoms with Crippen LogP contribution in [0.2, 0.25) is 0 Å². The van der Waals surface area contributed by atoms with E-state index in [0.29, 0.717) is 24.3 Å². The summed E-state index contributed by atoms with van der Waals surface area (Å²) in [6, 6.07) is 0. The number of amides is 1. The van der Waals surface area contributed by atoms with Gasteiger partial charge in [0.25, 0.3) is 0 Å². The van der Waals surface area contributed by atoms with Crippen LogP contribution in [-0.4, -0.2) is 24.7 Å². The lowest BCUT2D eigenvalue weighted by atomic mass is 9.70. The summed E-state index contributed by atoms with van der Waals surface area (Å²) < 4.78 is 0. The third kappa shape index (κ3) is 5.94. The van der Waals surface area contributed by atoms with Crippen molar-refractivity contribution in [1.29, 1.82) is 0 Å². The van der Waals surface area contributed by atoms with Crippen LogP contribution < -0.4 is 5.32 Å². The zero-order valence-corrected chi connectivity index (χ0v) is 15.1. The van der Waals surface area contributed by atoms with E-state index in [-0.39, 0.29) is 13.3 Å². The quantitative estimate of drug-likeness (QED) is 0.692. The third-order valence-corrected chi connectivity index (χ3v) is 4.76. The van der Waals surface area contributed by atoms with Crippen LogP contribution in [0.5, 0.6) is 0 Å². The van der Waals surface area contributed by atoms with Gasteiger partial charge in [0.2, 0.25) is 5.91 Å². The fourth-order valence-electron chi connectivity index (χ4n) is 3.56. The van der Waals surface area contributed by atoms with Crippen molar-refractivity contribution >= 4 is 11.6 Å². The maximum absolute atomic E-state index is 12.6. The van der Waals surface area contributed by atoms with Crippen LogP contribution in [0.4, 0.5) is 0 Å². The number of hydrogen-bond donors (Lipinski definition) is 1. The molecule has 0 bridgehead atoms. The molecular formula is C19H36N2O. The number of carbonyl (C=O) groups is 1. The lowest BCUT2D eigenvalue weighted by Crippen LogP contribution is -2.40. The number of nitrogens with zero attached hydrogens (tertiary/aromatic N) is 1. The normalized spacial score (nSPS) is 26.6. The van der Waals surface area contributed by atoms with E-state index in [0.717, 1.165) is 25.1 Å². The molecule has 1 N–H and O–H groups in total. The van der Waals surface area contributed by atoms with Crippen LogP contribution in [-0.2, 0) is 4.79 Å². The lowest BCUT2D eigenvalue weighted by Gasteiger charge is -2.36. The highest BCUT2D eigenvalue weighted by Crippen LogP contribution is 2.38. The summed E-state index contributed by atoms with van der Waals surface area (Å²) in [5.41, 5.74) is 1.07. The van der Waals surface area contributed by atoms with E-state index >= 15 is 0 Å². The van der Waals surface area contributed by atoms with Gasteiger partial charge in [0.1, 0.15) is 0 Å². The Labute approximate surface area is 138 Å². The van der Waals surface area contributed by atoms with E-state index in [9.17, 15) is 4.79 Å². The highest BCUT2D eigenvalue weighted by Gasteiger charge is 2.35. The summed E-state index contributed by atoms with van der Waals surface area (Å²) in [7, 11) is 0. The summed E-state index contributed by atoms with van der Waals surface area (Å²) in [5, 5.41) is 3.15. The van der Waals surface area contributed by atoms with Crippen molar-refractivity contribution < 1.29 is 6.22 Å². The topological polar surface area (TPSA) is 41.5 Å². The smallest absolute Gasteiger partial charge is 0.223 e. The molecule has 3 nitrogen and oxygen atoms in total. The van der Waals surface area contributed by atoms with Gasteiger partial charge in [0, 0.05) is 32.6 Å². The van der Waals surface area contributed by atoms with Gasteiger partial charge in [0.05, 0.1) is 0 Å². The number of aliphatic imine (C=N–C) groups is 1. The van der Waals surface area contributed by atoms with Gasteiger partial charge in [-0.3, -0.25) is 9.79 Å². The van der Waals surface area contributed by atoms with Crippen molar-refractivity contribution in [3.63, 3.8) is 0 Å². The zero-order chi connectivity index (χ0) is 16.5.